The van der Waals surface area contributed by atoms with Crippen LogP contribution in [0.4, 0.5) is 0 Å². The molecule has 3 unspecified atom stereocenters. The molecule has 0 aromatic heterocycles. The molecule has 19 heavy (non-hydrogen) atoms. The fourth-order valence-electron chi connectivity index (χ4n) is 3.42. The molecule has 0 radical (unpaired) electrons. The van der Waals surface area contributed by atoms with Gasteiger partial charge in [-0.1, -0.05) is 19.3 Å². The van der Waals surface area contributed by atoms with Crippen LogP contribution in [0.2, 0.25) is 0 Å². The third-order valence-electron chi connectivity index (χ3n) is 4.52. The van der Waals surface area contributed by atoms with Crippen molar-refractivity contribution in [2.45, 2.75) is 51.0 Å². The number of amides is 1. The van der Waals surface area contributed by atoms with Crippen molar-refractivity contribution in [3.05, 3.63) is 0 Å². The summed E-state index contributed by atoms with van der Waals surface area (Å²) in [5.41, 5.74) is 0. The Morgan fingerprint density at radius 3 is 2.42 bits per heavy atom. The van der Waals surface area contributed by atoms with Crippen LogP contribution >= 0.6 is 0 Å². The number of hydrogen-bond acceptors (Lipinski definition) is 3. The van der Waals surface area contributed by atoms with Crippen LogP contribution in [0.1, 0.15) is 44.9 Å². The lowest BCUT2D eigenvalue weighted by molar-refractivity contribution is -0.150. The Bertz CT molecular complexity index is 344. The highest BCUT2D eigenvalue weighted by Gasteiger charge is 2.41. The molecule has 1 heterocycles. The maximum absolute atomic E-state index is 12.6. The number of carboxylic acids is 1. The van der Waals surface area contributed by atoms with Gasteiger partial charge in [0.25, 0.3) is 0 Å². The average Bonchev–Trinajstić information content (AvgIpc) is 2.76. The van der Waals surface area contributed by atoms with Gasteiger partial charge in [0.2, 0.25) is 5.91 Å². The van der Waals surface area contributed by atoms with E-state index in [0.29, 0.717) is 19.4 Å². The van der Waals surface area contributed by atoms with Crippen LogP contribution in [-0.2, 0) is 9.59 Å². The number of nitrogens with zero attached hydrogens (tertiary/aromatic N) is 1. The van der Waals surface area contributed by atoms with Crippen molar-refractivity contribution in [1.82, 2.24) is 4.90 Å². The third kappa shape index (κ3) is 3.08. The Hall–Kier alpha value is -1.10. The van der Waals surface area contributed by atoms with E-state index < -0.39 is 11.9 Å². The van der Waals surface area contributed by atoms with E-state index in [0.717, 1.165) is 32.1 Å². The molecular formula is C14H23NO4. The van der Waals surface area contributed by atoms with Crippen LogP contribution in [0.15, 0.2) is 0 Å². The molecule has 0 spiro atoms. The second kappa shape index (κ2) is 6.37. The number of carbonyl (C=O) groups is 2. The van der Waals surface area contributed by atoms with Gasteiger partial charge in [-0.15, -0.1) is 0 Å². The van der Waals surface area contributed by atoms with Gasteiger partial charge in [0.05, 0.1) is 24.5 Å². The van der Waals surface area contributed by atoms with Gasteiger partial charge in [0.1, 0.15) is 0 Å². The van der Waals surface area contributed by atoms with Crippen molar-refractivity contribution in [2.24, 2.45) is 11.8 Å². The standard InChI is InChI=1S/C14H23NO4/c16-9-10-5-2-1-3-8-15(10)13(17)11-6-4-7-12(11)14(18)19/h10-12,16H,1-9H2,(H,18,19). The van der Waals surface area contributed by atoms with Gasteiger partial charge in [0.15, 0.2) is 0 Å². The summed E-state index contributed by atoms with van der Waals surface area (Å²) in [6.07, 6.45) is 5.97. The number of aliphatic carboxylic acids is 1. The van der Waals surface area contributed by atoms with Crippen LogP contribution in [0.25, 0.3) is 0 Å². The summed E-state index contributed by atoms with van der Waals surface area (Å²) in [6, 6.07) is -0.120. The third-order valence-corrected chi connectivity index (χ3v) is 4.52. The normalized spacial score (nSPS) is 32.1. The number of hydrogen-bond donors (Lipinski definition) is 2. The van der Waals surface area contributed by atoms with E-state index in [4.69, 9.17) is 0 Å². The largest absolute Gasteiger partial charge is 0.481 e. The lowest BCUT2D eigenvalue weighted by atomic mass is 9.94. The van der Waals surface area contributed by atoms with Crippen molar-refractivity contribution in [1.29, 1.82) is 0 Å². The van der Waals surface area contributed by atoms with E-state index >= 15 is 0 Å². The first-order chi connectivity index (χ1) is 9.15. The van der Waals surface area contributed by atoms with Crippen molar-refractivity contribution in [3.8, 4) is 0 Å². The fourth-order valence-corrected chi connectivity index (χ4v) is 3.42. The van der Waals surface area contributed by atoms with E-state index in [9.17, 15) is 19.8 Å². The number of likely N-dealkylation sites (tertiary alicyclic amines) is 1. The van der Waals surface area contributed by atoms with E-state index in [-0.39, 0.29) is 24.5 Å². The second-order valence-corrected chi connectivity index (χ2v) is 5.70. The van der Waals surface area contributed by atoms with Crippen LogP contribution in [0, 0.1) is 11.8 Å². The minimum atomic E-state index is -0.855. The minimum Gasteiger partial charge on any atom is -0.481 e. The highest BCUT2D eigenvalue weighted by atomic mass is 16.4. The first-order valence-corrected chi connectivity index (χ1v) is 7.29. The molecule has 1 aliphatic carbocycles. The van der Waals surface area contributed by atoms with Crippen molar-refractivity contribution in [2.75, 3.05) is 13.2 Å². The van der Waals surface area contributed by atoms with Crippen molar-refractivity contribution in [3.63, 3.8) is 0 Å². The molecule has 0 aromatic rings. The average molecular weight is 269 g/mol. The first kappa shape index (κ1) is 14.3. The monoisotopic (exact) mass is 269 g/mol. The Balaban J connectivity index is 2.09. The number of rotatable bonds is 3. The number of carbonyl (C=O) groups excluding carboxylic acids is 1. The molecule has 1 aliphatic heterocycles. The molecule has 5 nitrogen and oxygen atoms in total. The molecule has 2 N–H and O–H groups in total. The zero-order chi connectivity index (χ0) is 13.8. The van der Waals surface area contributed by atoms with Crippen LogP contribution in [0.5, 0.6) is 0 Å². The lowest BCUT2D eigenvalue weighted by Crippen LogP contribution is -2.46. The smallest absolute Gasteiger partial charge is 0.307 e. The second-order valence-electron chi connectivity index (χ2n) is 5.70. The Morgan fingerprint density at radius 1 is 1.00 bits per heavy atom. The quantitative estimate of drug-likeness (QED) is 0.808. The zero-order valence-corrected chi connectivity index (χ0v) is 11.3. The molecule has 1 saturated carbocycles. The van der Waals surface area contributed by atoms with Gasteiger partial charge in [-0.2, -0.15) is 0 Å². The summed E-state index contributed by atoms with van der Waals surface area (Å²) >= 11 is 0. The Kier molecular flexibility index (Phi) is 4.80. The van der Waals surface area contributed by atoms with E-state index in [1.807, 2.05) is 0 Å². The molecular weight excluding hydrogens is 246 g/mol. The predicted molar refractivity (Wildman–Crippen MR) is 69.5 cm³/mol. The topological polar surface area (TPSA) is 77.8 Å². The number of carboxylic acid groups (broad SMARTS) is 1. The first-order valence-electron chi connectivity index (χ1n) is 7.29. The highest BCUT2D eigenvalue weighted by Crippen LogP contribution is 2.34. The molecule has 2 rings (SSSR count). The van der Waals surface area contributed by atoms with Gasteiger partial charge in [-0.25, -0.2) is 0 Å². The van der Waals surface area contributed by atoms with Crippen LogP contribution < -0.4 is 0 Å². The summed E-state index contributed by atoms with van der Waals surface area (Å²) in [5, 5.41) is 18.6. The lowest BCUT2D eigenvalue weighted by Gasteiger charge is -2.32. The predicted octanol–water partition coefficient (Wildman–Crippen LogP) is 1.25. The fraction of sp³-hybridized carbons (Fsp3) is 0.857. The molecule has 3 atom stereocenters. The summed E-state index contributed by atoms with van der Waals surface area (Å²) in [7, 11) is 0. The van der Waals surface area contributed by atoms with Gasteiger partial charge in [0, 0.05) is 6.54 Å². The van der Waals surface area contributed by atoms with Gasteiger partial charge in [-0.05, 0) is 25.7 Å². The van der Waals surface area contributed by atoms with Gasteiger partial charge >= 0.3 is 5.97 Å². The van der Waals surface area contributed by atoms with E-state index in [1.165, 1.54) is 0 Å². The molecule has 5 heteroatoms. The molecule has 0 bridgehead atoms. The summed E-state index contributed by atoms with van der Waals surface area (Å²) in [6.45, 7) is 0.642. The van der Waals surface area contributed by atoms with Crippen molar-refractivity contribution >= 4 is 11.9 Å². The van der Waals surface area contributed by atoms with Crippen LogP contribution in [-0.4, -0.2) is 46.2 Å². The molecule has 0 aromatic carbocycles. The van der Waals surface area contributed by atoms with E-state index in [1.54, 1.807) is 4.90 Å². The molecule has 2 fully saturated rings. The SMILES string of the molecule is O=C(O)C1CCCC1C(=O)N1CCCCCC1CO. The Labute approximate surface area is 113 Å². The summed E-state index contributed by atoms with van der Waals surface area (Å²) in [4.78, 5) is 25.5. The van der Waals surface area contributed by atoms with Gasteiger partial charge < -0.3 is 15.1 Å². The number of aliphatic hydroxyl groups is 1. The maximum Gasteiger partial charge on any atom is 0.307 e. The minimum absolute atomic E-state index is 0.0177. The van der Waals surface area contributed by atoms with Crippen LogP contribution in [0.3, 0.4) is 0 Å². The summed E-state index contributed by atoms with van der Waals surface area (Å²) < 4.78 is 0. The summed E-state index contributed by atoms with van der Waals surface area (Å²) in [5.74, 6) is -1.82. The molecule has 2 aliphatic rings. The number of aliphatic hydroxyl groups excluding tert-OH is 1. The molecule has 1 amide bonds. The zero-order valence-electron chi connectivity index (χ0n) is 11.3. The van der Waals surface area contributed by atoms with Gasteiger partial charge in [-0.3, -0.25) is 9.59 Å². The maximum atomic E-state index is 12.6. The van der Waals surface area contributed by atoms with Crippen molar-refractivity contribution < 1.29 is 19.8 Å². The molecule has 1 saturated heterocycles. The molecule has 108 valence electrons. The van der Waals surface area contributed by atoms with E-state index in [2.05, 4.69) is 0 Å². The highest BCUT2D eigenvalue weighted by molar-refractivity contribution is 5.85. The Morgan fingerprint density at radius 2 is 1.74 bits per heavy atom.